The molecule has 6 N–H and O–H groups in total. The van der Waals surface area contributed by atoms with E-state index in [1.807, 2.05) is 6.08 Å². The quantitative estimate of drug-likeness (QED) is 0.0238. The average Bonchev–Trinajstić information content (AvgIpc) is 3.10. The van der Waals surface area contributed by atoms with Crippen LogP contribution in [0.25, 0.3) is 0 Å². The molecule has 0 fully saturated rings. The highest BCUT2D eigenvalue weighted by Crippen LogP contribution is 2.43. The number of carbonyl (C=O) groups is 1. The lowest BCUT2D eigenvalue weighted by molar-refractivity contribution is -0.124. The van der Waals surface area contributed by atoms with Gasteiger partial charge in [0.2, 0.25) is 5.91 Å². The van der Waals surface area contributed by atoms with E-state index in [4.69, 9.17) is 14.8 Å². The highest BCUT2D eigenvalue weighted by molar-refractivity contribution is 7.47. The van der Waals surface area contributed by atoms with Crippen LogP contribution in [0.4, 0.5) is 0 Å². The van der Waals surface area contributed by atoms with E-state index in [2.05, 4.69) is 43.5 Å². The number of nitrogens with one attached hydrogen (secondary N) is 1. The van der Waals surface area contributed by atoms with Gasteiger partial charge < -0.3 is 26.2 Å². The van der Waals surface area contributed by atoms with Gasteiger partial charge in [0.05, 0.1) is 37.9 Å². The highest BCUT2D eigenvalue weighted by atomic mass is 31.2. The molecule has 0 aromatic heterocycles. The molecule has 1 amide bonds. The zero-order valence-electron chi connectivity index (χ0n) is 32.7. The van der Waals surface area contributed by atoms with Gasteiger partial charge in [0, 0.05) is 6.54 Å². The predicted octanol–water partition coefficient (Wildman–Crippen LogP) is 10.1. The molecule has 0 radical (unpaired) electrons. The smallest absolute Gasteiger partial charge is 0.393 e. The standard InChI is InChI=1S/C41H79N2O7P/c1-3-5-7-9-11-13-14-15-16-17-18-19-20-21-22-23-25-27-29-31-33-40(45)39(37-50-51(47,48)49-35-34-42)43-41(46)36-38(44)32-30-28-26-24-12-10-8-6-4-2/h19-20,23,25,31,33,38-40,44-45H,3-18,21-22,24,26-30,32,34-37,42H2,1-2H3,(H,43,46)(H,47,48)/b20-19+,25-23+,33-31+. The van der Waals surface area contributed by atoms with Crippen LogP contribution in [0, 0.1) is 0 Å². The van der Waals surface area contributed by atoms with Crippen LogP contribution in [0.3, 0.4) is 0 Å². The third-order valence-corrected chi connectivity index (χ3v) is 9.99. The summed E-state index contributed by atoms with van der Waals surface area (Å²) in [4.78, 5) is 22.6. The Morgan fingerprint density at radius 3 is 1.63 bits per heavy atom. The van der Waals surface area contributed by atoms with E-state index in [1.54, 1.807) is 6.08 Å². The van der Waals surface area contributed by atoms with Gasteiger partial charge in [-0.25, -0.2) is 4.57 Å². The highest BCUT2D eigenvalue weighted by Gasteiger charge is 2.27. The Bertz CT molecular complexity index is 914. The second-order valence-electron chi connectivity index (χ2n) is 14.0. The number of nitrogens with two attached hydrogens (primary N) is 1. The Hall–Kier alpha value is -1.32. The van der Waals surface area contributed by atoms with E-state index in [1.165, 1.54) is 103 Å². The molecule has 0 saturated carbocycles. The molecular formula is C41H79N2O7P. The summed E-state index contributed by atoms with van der Waals surface area (Å²) in [5, 5.41) is 23.9. The van der Waals surface area contributed by atoms with Gasteiger partial charge in [-0.15, -0.1) is 0 Å². The van der Waals surface area contributed by atoms with Crippen molar-refractivity contribution in [1.29, 1.82) is 0 Å². The van der Waals surface area contributed by atoms with Gasteiger partial charge in [0.15, 0.2) is 0 Å². The van der Waals surface area contributed by atoms with Gasteiger partial charge in [-0.05, 0) is 44.9 Å². The van der Waals surface area contributed by atoms with Crippen molar-refractivity contribution in [2.45, 2.75) is 199 Å². The molecule has 0 spiro atoms. The maximum atomic E-state index is 12.7. The van der Waals surface area contributed by atoms with E-state index in [-0.39, 0.29) is 19.6 Å². The number of allylic oxidation sites excluding steroid dienone is 5. The predicted molar refractivity (Wildman–Crippen MR) is 214 cm³/mol. The van der Waals surface area contributed by atoms with Crippen LogP contribution in [0.2, 0.25) is 0 Å². The van der Waals surface area contributed by atoms with Gasteiger partial charge in [0.25, 0.3) is 0 Å². The summed E-state index contributed by atoms with van der Waals surface area (Å²) in [6.07, 6.45) is 39.6. The number of aliphatic hydroxyl groups excluding tert-OH is 2. The minimum atomic E-state index is -4.40. The number of carbonyl (C=O) groups excluding carboxylic acids is 1. The van der Waals surface area contributed by atoms with Crippen LogP contribution in [0.15, 0.2) is 36.5 Å². The summed E-state index contributed by atoms with van der Waals surface area (Å²) in [6.45, 7) is 3.91. The fourth-order valence-corrected chi connectivity index (χ4v) is 6.61. The van der Waals surface area contributed by atoms with Crippen LogP contribution in [0.1, 0.15) is 181 Å². The van der Waals surface area contributed by atoms with E-state index < -0.39 is 38.6 Å². The SMILES string of the molecule is CCCCCCCCCCCC/C=C/CC/C=C/CC/C=C/C(O)C(COP(=O)(O)OCCN)NC(=O)CC(O)CCCCCCCCCCC. The molecule has 0 saturated heterocycles. The molecule has 0 heterocycles. The number of phosphoric ester groups is 1. The van der Waals surface area contributed by atoms with E-state index >= 15 is 0 Å². The average molecular weight is 743 g/mol. The molecule has 300 valence electrons. The van der Waals surface area contributed by atoms with Crippen molar-refractivity contribution in [1.82, 2.24) is 5.32 Å². The molecule has 4 unspecified atom stereocenters. The first-order chi connectivity index (χ1) is 24.8. The molecule has 0 bridgehead atoms. The Kier molecular flexibility index (Phi) is 36.1. The molecule has 0 aromatic carbocycles. The van der Waals surface area contributed by atoms with Gasteiger partial charge >= 0.3 is 7.82 Å². The minimum Gasteiger partial charge on any atom is -0.393 e. The summed E-state index contributed by atoms with van der Waals surface area (Å²) < 4.78 is 22.0. The summed E-state index contributed by atoms with van der Waals surface area (Å²) in [5.41, 5.74) is 5.35. The molecule has 0 aliphatic carbocycles. The first kappa shape index (κ1) is 49.7. The molecule has 0 rings (SSSR count). The number of hydrogen-bond donors (Lipinski definition) is 5. The summed E-state index contributed by atoms with van der Waals surface area (Å²) in [5.74, 6) is -0.462. The zero-order chi connectivity index (χ0) is 37.7. The molecule has 9 nitrogen and oxygen atoms in total. The number of phosphoric acid groups is 1. The summed E-state index contributed by atoms with van der Waals surface area (Å²) in [6, 6.07) is -1.00. The van der Waals surface area contributed by atoms with Crippen molar-refractivity contribution in [3.63, 3.8) is 0 Å². The Morgan fingerprint density at radius 1 is 0.667 bits per heavy atom. The third kappa shape index (κ3) is 35.5. The zero-order valence-corrected chi connectivity index (χ0v) is 33.6. The lowest BCUT2D eigenvalue weighted by Crippen LogP contribution is -2.46. The van der Waals surface area contributed by atoms with E-state index in [0.29, 0.717) is 12.8 Å². The Labute approximate surface area is 312 Å². The monoisotopic (exact) mass is 743 g/mol. The van der Waals surface area contributed by atoms with Crippen LogP contribution in [-0.2, 0) is 18.4 Å². The molecule has 51 heavy (non-hydrogen) atoms. The van der Waals surface area contributed by atoms with Crippen molar-refractivity contribution in [2.75, 3.05) is 19.8 Å². The largest absolute Gasteiger partial charge is 0.472 e. The first-order valence-electron chi connectivity index (χ1n) is 20.7. The maximum absolute atomic E-state index is 12.7. The maximum Gasteiger partial charge on any atom is 0.472 e. The molecular weight excluding hydrogens is 663 g/mol. The molecule has 0 aliphatic rings. The number of aliphatic hydroxyl groups is 2. The molecule has 0 aromatic rings. The first-order valence-corrected chi connectivity index (χ1v) is 22.2. The molecule has 4 atom stereocenters. The van der Waals surface area contributed by atoms with Crippen molar-refractivity contribution in [3.05, 3.63) is 36.5 Å². The van der Waals surface area contributed by atoms with E-state index in [0.717, 1.165) is 44.9 Å². The van der Waals surface area contributed by atoms with Crippen molar-refractivity contribution >= 4 is 13.7 Å². The van der Waals surface area contributed by atoms with Crippen molar-refractivity contribution in [3.8, 4) is 0 Å². The lowest BCUT2D eigenvalue weighted by atomic mass is 10.0. The van der Waals surface area contributed by atoms with E-state index in [9.17, 15) is 24.5 Å². The number of unbranched alkanes of at least 4 members (excludes halogenated alkanes) is 20. The van der Waals surface area contributed by atoms with Gasteiger partial charge in [0.1, 0.15) is 0 Å². The second kappa shape index (κ2) is 37.0. The number of hydrogen-bond acceptors (Lipinski definition) is 7. The van der Waals surface area contributed by atoms with Crippen LogP contribution >= 0.6 is 7.82 Å². The number of amides is 1. The Balaban J connectivity index is 4.42. The summed E-state index contributed by atoms with van der Waals surface area (Å²) in [7, 11) is -4.40. The van der Waals surface area contributed by atoms with Crippen molar-refractivity contribution in [2.24, 2.45) is 5.73 Å². The second-order valence-corrected chi connectivity index (χ2v) is 15.5. The van der Waals surface area contributed by atoms with Gasteiger partial charge in [-0.3, -0.25) is 13.8 Å². The minimum absolute atomic E-state index is 0.0425. The number of rotatable bonds is 38. The summed E-state index contributed by atoms with van der Waals surface area (Å²) >= 11 is 0. The normalized spacial score (nSPS) is 15.2. The fraction of sp³-hybridized carbons (Fsp3) is 0.829. The fourth-order valence-electron chi connectivity index (χ4n) is 5.85. The van der Waals surface area contributed by atoms with Crippen LogP contribution in [-0.4, -0.2) is 59.0 Å². The van der Waals surface area contributed by atoms with Crippen LogP contribution < -0.4 is 11.1 Å². The molecule has 10 heteroatoms. The van der Waals surface area contributed by atoms with Gasteiger partial charge in [-0.1, -0.05) is 166 Å². The lowest BCUT2D eigenvalue weighted by Gasteiger charge is -2.24. The topological polar surface area (TPSA) is 151 Å². The van der Waals surface area contributed by atoms with Crippen LogP contribution in [0.5, 0.6) is 0 Å². The molecule has 0 aliphatic heterocycles. The van der Waals surface area contributed by atoms with Gasteiger partial charge in [-0.2, -0.15) is 0 Å². The Morgan fingerprint density at radius 2 is 1.12 bits per heavy atom. The third-order valence-electron chi connectivity index (χ3n) is 9.00. The van der Waals surface area contributed by atoms with Crippen molar-refractivity contribution < 1.29 is 33.5 Å².